The molecule has 1 aromatic carbocycles. The quantitative estimate of drug-likeness (QED) is 0.796. The van der Waals surface area contributed by atoms with E-state index in [-0.39, 0.29) is 5.91 Å². The SMILES string of the molecule is COc1ccc(CCC(=O)NCCC(C)C)cc1OC. The highest BCUT2D eigenvalue weighted by molar-refractivity contribution is 5.76. The summed E-state index contributed by atoms with van der Waals surface area (Å²) in [4.78, 5) is 11.7. The van der Waals surface area contributed by atoms with Gasteiger partial charge < -0.3 is 14.8 Å². The van der Waals surface area contributed by atoms with Crippen LogP contribution in [-0.2, 0) is 11.2 Å². The third-order valence-electron chi connectivity index (χ3n) is 3.13. The van der Waals surface area contributed by atoms with Gasteiger partial charge >= 0.3 is 0 Å². The topological polar surface area (TPSA) is 47.6 Å². The first-order valence-electron chi connectivity index (χ1n) is 7.04. The average molecular weight is 279 g/mol. The fourth-order valence-corrected chi connectivity index (χ4v) is 1.88. The third kappa shape index (κ3) is 5.51. The zero-order valence-corrected chi connectivity index (χ0v) is 12.9. The van der Waals surface area contributed by atoms with Crippen LogP contribution in [0.25, 0.3) is 0 Å². The Labute approximate surface area is 121 Å². The molecule has 0 saturated heterocycles. The predicted octanol–water partition coefficient (Wildman–Crippen LogP) is 2.80. The van der Waals surface area contributed by atoms with E-state index in [1.807, 2.05) is 18.2 Å². The Morgan fingerprint density at radius 2 is 1.90 bits per heavy atom. The summed E-state index contributed by atoms with van der Waals surface area (Å²) < 4.78 is 10.4. The number of aryl methyl sites for hydroxylation is 1. The Hall–Kier alpha value is -1.71. The summed E-state index contributed by atoms with van der Waals surface area (Å²) in [5.74, 6) is 2.12. The largest absolute Gasteiger partial charge is 0.493 e. The minimum Gasteiger partial charge on any atom is -0.493 e. The molecule has 0 atom stereocenters. The maximum absolute atomic E-state index is 11.7. The standard InChI is InChI=1S/C16H25NO3/c1-12(2)9-10-17-16(18)8-6-13-5-7-14(19-3)15(11-13)20-4/h5,7,11-12H,6,8-10H2,1-4H3,(H,17,18). The van der Waals surface area contributed by atoms with E-state index in [0.29, 0.717) is 30.3 Å². The lowest BCUT2D eigenvalue weighted by molar-refractivity contribution is -0.121. The second kappa shape index (κ2) is 8.46. The maximum atomic E-state index is 11.7. The van der Waals surface area contributed by atoms with Crippen molar-refractivity contribution in [3.63, 3.8) is 0 Å². The molecule has 0 saturated carbocycles. The molecule has 0 aliphatic carbocycles. The number of rotatable bonds is 8. The van der Waals surface area contributed by atoms with Gasteiger partial charge in [0.15, 0.2) is 11.5 Å². The number of ether oxygens (including phenoxy) is 2. The Bertz CT molecular complexity index is 430. The van der Waals surface area contributed by atoms with Crippen molar-refractivity contribution in [1.29, 1.82) is 0 Å². The van der Waals surface area contributed by atoms with Crippen LogP contribution in [0.2, 0.25) is 0 Å². The van der Waals surface area contributed by atoms with Crippen molar-refractivity contribution in [2.45, 2.75) is 33.1 Å². The Morgan fingerprint density at radius 1 is 1.20 bits per heavy atom. The van der Waals surface area contributed by atoms with Gasteiger partial charge in [0, 0.05) is 13.0 Å². The number of hydrogen-bond acceptors (Lipinski definition) is 3. The van der Waals surface area contributed by atoms with Crippen LogP contribution in [0.15, 0.2) is 18.2 Å². The smallest absolute Gasteiger partial charge is 0.220 e. The van der Waals surface area contributed by atoms with Gasteiger partial charge in [-0.1, -0.05) is 19.9 Å². The molecule has 1 aromatic rings. The molecule has 4 nitrogen and oxygen atoms in total. The van der Waals surface area contributed by atoms with E-state index in [0.717, 1.165) is 18.5 Å². The molecule has 0 radical (unpaired) electrons. The molecule has 0 aromatic heterocycles. The monoisotopic (exact) mass is 279 g/mol. The first-order valence-corrected chi connectivity index (χ1v) is 7.04. The summed E-state index contributed by atoms with van der Waals surface area (Å²) in [5.41, 5.74) is 1.07. The van der Waals surface area contributed by atoms with Crippen LogP contribution in [-0.4, -0.2) is 26.7 Å². The Morgan fingerprint density at radius 3 is 2.50 bits per heavy atom. The third-order valence-corrected chi connectivity index (χ3v) is 3.13. The summed E-state index contributed by atoms with van der Waals surface area (Å²) in [7, 11) is 3.22. The minimum atomic E-state index is 0.0976. The summed E-state index contributed by atoms with van der Waals surface area (Å²) in [6.45, 7) is 5.05. The molecule has 112 valence electrons. The molecule has 0 heterocycles. The van der Waals surface area contributed by atoms with E-state index in [1.54, 1.807) is 14.2 Å². The molecule has 0 bridgehead atoms. The van der Waals surface area contributed by atoms with E-state index in [9.17, 15) is 4.79 Å². The number of hydrogen-bond donors (Lipinski definition) is 1. The lowest BCUT2D eigenvalue weighted by atomic mass is 10.1. The highest BCUT2D eigenvalue weighted by atomic mass is 16.5. The second-order valence-electron chi connectivity index (χ2n) is 5.22. The first kappa shape index (κ1) is 16.3. The molecule has 0 fully saturated rings. The summed E-state index contributed by atoms with van der Waals surface area (Å²) in [6.07, 6.45) is 2.21. The second-order valence-corrected chi connectivity index (χ2v) is 5.22. The molecule has 0 unspecified atom stereocenters. The summed E-state index contributed by atoms with van der Waals surface area (Å²) in [6, 6.07) is 5.74. The van der Waals surface area contributed by atoms with Gasteiger partial charge in [0.1, 0.15) is 0 Å². The number of carbonyl (C=O) groups is 1. The van der Waals surface area contributed by atoms with Crippen molar-refractivity contribution < 1.29 is 14.3 Å². The molecule has 0 aliphatic heterocycles. The van der Waals surface area contributed by atoms with E-state index in [4.69, 9.17) is 9.47 Å². The van der Waals surface area contributed by atoms with E-state index < -0.39 is 0 Å². The maximum Gasteiger partial charge on any atom is 0.220 e. The predicted molar refractivity (Wildman–Crippen MR) is 80.3 cm³/mol. The average Bonchev–Trinajstić information content (AvgIpc) is 2.44. The number of nitrogens with one attached hydrogen (secondary N) is 1. The van der Waals surface area contributed by atoms with Crippen molar-refractivity contribution >= 4 is 5.91 Å². The number of benzene rings is 1. The summed E-state index contributed by atoms with van der Waals surface area (Å²) >= 11 is 0. The molecule has 4 heteroatoms. The van der Waals surface area contributed by atoms with Gasteiger partial charge in [-0.15, -0.1) is 0 Å². The number of amides is 1. The lowest BCUT2D eigenvalue weighted by Crippen LogP contribution is -2.25. The molecule has 0 spiro atoms. The zero-order valence-electron chi connectivity index (χ0n) is 12.9. The molecular weight excluding hydrogens is 254 g/mol. The van der Waals surface area contributed by atoms with Crippen molar-refractivity contribution in [2.24, 2.45) is 5.92 Å². The normalized spacial score (nSPS) is 10.4. The first-order chi connectivity index (χ1) is 9.56. The molecule has 0 aliphatic rings. The van der Waals surface area contributed by atoms with Crippen molar-refractivity contribution in [3.05, 3.63) is 23.8 Å². The van der Waals surface area contributed by atoms with Crippen LogP contribution in [0, 0.1) is 5.92 Å². The number of carbonyl (C=O) groups excluding carboxylic acids is 1. The van der Waals surface area contributed by atoms with Crippen LogP contribution in [0.4, 0.5) is 0 Å². The fraction of sp³-hybridized carbons (Fsp3) is 0.562. The van der Waals surface area contributed by atoms with E-state index in [1.165, 1.54) is 0 Å². The molecular formula is C16H25NO3. The highest BCUT2D eigenvalue weighted by Crippen LogP contribution is 2.27. The molecule has 1 N–H and O–H groups in total. The highest BCUT2D eigenvalue weighted by Gasteiger charge is 2.07. The van der Waals surface area contributed by atoms with Gasteiger partial charge in [0.2, 0.25) is 5.91 Å². The van der Waals surface area contributed by atoms with Crippen LogP contribution in [0.5, 0.6) is 11.5 Å². The van der Waals surface area contributed by atoms with Crippen LogP contribution >= 0.6 is 0 Å². The lowest BCUT2D eigenvalue weighted by Gasteiger charge is -2.10. The molecule has 20 heavy (non-hydrogen) atoms. The fourth-order valence-electron chi connectivity index (χ4n) is 1.88. The van der Waals surface area contributed by atoms with Crippen LogP contribution in [0.1, 0.15) is 32.3 Å². The molecule has 1 rings (SSSR count). The van der Waals surface area contributed by atoms with Gasteiger partial charge in [-0.2, -0.15) is 0 Å². The van der Waals surface area contributed by atoms with Crippen molar-refractivity contribution in [3.8, 4) is 11.5 Å². The van der Waals surface area contributed by atoms with Gasteiger partial charge in [0.05, 0.1) is 14.2 Å². The number of methoxy groups -OCH3 is 2. The molecule has 1 amide bonds. The van der Waals surface area contributed by atoms with Gasteiger partial charge in [0.25, 0.3) is 0 Å². The van der Waals surface area contributed by atoms with Crippen LogP contribution < -0.4 is 14.8 Å². The van der Waals surface area contributed by atoms with Crippen molar-refractivity contribution in [1.82, 2.24) is 5.32 Å². The zero-order chi connectivity index (χ0) is 15.0. The van der Waals surface area contributed by atoms with Crippen molar-refractivity contribution in [2.75, 3.05) is 20.8 Å². The van der Waals surface area contributed by atoms with Gasteiger partial charge in [-0.25, -0.2) is 0 Å². The summed E-state index contributed by atoms with van der Waals surface area (Å²) in [5, 5.41) is 2.94. The van der Waals surface area contributed by atoms with Gasteiger partial charge in [-0.3, -0.25) is 4.79 Å². The van der Waals surface area contributed by atoms with E-state index in [2.05, 4.69) is 19.2 Å². The minimum absolute atomic E-state index is 0.0976. The van der Waals surface area contributed by atoms with E-state index >= 15 is 0 Å². The Kier molecular flexibility index (Phi) is 6.91. The van der Waals surface area contributed by atoms with Gasteiger partial charge in [-0.05, 0) is 36.5 Å². The van der Waals surface area contributed by atoms with Crippen LogP contribution in [0.3, 0.4) is 0 Å². The Balaban J connectivity index is 2.43.